The molecule has 7 heteroatoms. The maximum Gasteiger partial charge on any atom is 0.357 e. The number of anilines is 1. The van der Waals surface area contributed by atoms with Gasteiger partial charge in [0.25, 0.3) is 0 Å². The van der Waals surface area contributed by atoms with Crippen molar-refractivity contribution in [3.63, 3.8) is 0 Å². The molecular formula is C16H18N2O3S2. The number of hydrogen-bond donors (Lipinski definition) is 1. The predicted octanol–water partition coefficient (Wildman–Crippen LogP) is 3.61. The number of nitrogens with one attached hydrogen (secondary N) is 1. The Morgan fingerprint density at radius 3 is 2.65 bits per heavy atom. The van der Waals surface area contributed by atoms with Gasteiger partial charge in [0.05, 0.1) is 13.0 Å². The Morgan fingerprint density at radius 1 is 1.26 bits per heavy atom. The van der Waals surface area contributed by atoms with E-state index in [1.807, 2.05) is 24.3 Å². The highest BCUT2D eigenvalue weighted by atomic mass is 32.2. The minimum absolute atomic E-state index is 0.161. The fraction of sp³-hybridized carbons (Fsp3) is 0.312. The summed E-state index contributed by atoms with van der Waals surface area (Å²) in [6.07, 6.45) is 0.269. The van der Waals surface area contributed by atoms with Crippen LogP contribution in [0.5, 0.6) is 0 Å². The highest BCUT2D eigenvalue weighted by Crippen LogP contribution is 2.19. The Morgan fingerprint density at radius 2 is 2.00 bits per heavy atom. The van der Waals surface area contributed by atoms with Crippen molar-refractivity contribution in [1.82, 2.24) is 4.98 Å². The number of thiazole rings is 1. The monoisotopic (exact) mass is 350 g/mol. The maximum absolute atomic E-state index is 12.0. The fourth-order valence-corrected chi connectivity index (χ4v) is 3.21. The van der Waals surface area contributed by atoms with Crippen LogP contribution in [-0.2, 0) is 16.0 Å². The number of carbonyl (C=O) groups is 2. The molecular weight excluding hydrogens is 332 g/mol. The first-order chi connectivity index (χ1) is 11.1. The van der Waals surface area contributed by atoms with Crippen molar-refractivity contribution in [2.45, 2.75) is 25.2 Å². The third-order valence-corrected chi connectivity index (χ3v) is 4.49. The summed E-state index contributed by atoms with van der Waals surface area (Å²) in [5.74, 6) is 0.381. The average Bonchev–Trinajstić information content (AvgIpc) is 2.98. The maximum atomic E-state index is 12.0. The second-order valence-electron chi connectivity index (χ2n) is 4.56. The Balaban J connectivity index is 1.90. The van der Waals surface area contributed by atoms with E-state index in [1.54, 1.807) is 24.1 Å². The number of carbonyl (C=O) groups excluding carboxylic acids is 2. The van der Waals surface area contributed by atoms with Crippen LogP contribution in [0.15, 0.2) is 34.5 Å². The van der Waals surface area contributed by atoms with Crippen LogP contribution in [0.1, 0.15) is 29.9 Å². The molecule has 23 heavy (non-hydrogen) atoms. The van der Waals surface area contributed by atoms with Crippen molar-refractivity contribution < 1.29 is 14.3 Å². The number of amides is 1. The minimum Gasteiger partial charge on any atom is -0.461 e. The molecule has 1 aromatic heterocycles. The lowest BCUT2D eigenvalue weighted by molar-refractivity contribution is -0.115. The van der Waals surface area contributed by atoms with Gasteiger partial charge >= 0.3 is 5.97 Å². The van der Waals surface area contributed by atoms with Gasteiger partial charge in [-0.3, -0.25) is 4.79 Å². The van der Waals surface area contributed by atoms with Crippen LogP contribution in [-0.4, -0.2) is 29.2 Å². The van der Waals surface area contributed by atoms with Gasteiger partial charge in [0.2, 0.25) is 5.91 Å². The molecule has 0 saturated heterocycles. The highest BCUT2D eigenvalue weighted by molar-refractivity contribution is 7.99. The lowest BCUT2D eigenvalue weighted by atomic mass is 10.1. The number of aromatic nitrogens is 1. The summed E-state index contributed by atoms with van der Waals surface area (Å²) in [6, 6.07) is 7.92. The zero-order chi connectivity index (χ0) is 16.7. The van der Waals surface area contributed by atoms with Gasteiger partial charge < -0.3 is 10.1 Å². The molecule has 0 spiro atoms. The molecule has 0 aliphatic rings. The Labute approximate surface area is 143 Å². The van der Waals surface area contributed by atoms with Crippen molar-refractivity contribution in [2.75, 3.05) is 17.7 Å². The van der Waals surface area contributed by atoms with E-state index in [4.69, 9.17) is 4.74 Å². The van der Waals surface area contributed by atoms with Gasteiger partial charge in [-0.25, -0.2) is 9.78 Å². The molecule has 122 valence electrons. The largest absolute Gasteiger partial charge is 0.461 e. The van der Waals surface area contributed by atoms with E-state index in [9.17, 15) is 9.59 Å². The highest BCUT2D eigenvalue weighted by Gasteiger charge is 2.13. The van der Waals surface area contributed by atoms with Gasteiger partial charge in [-0.1, -0.05) is 19.1 Å². The number of nitrogens with zero attached hydrogens (tertiary/aromatic N) is 1. The van der Waals surface area contributed by atoms with Crippen molar-refractivity contribution >= 4 is 40.1 Å². The normalized spacial score (nSPS) is 10.3. The van der Waals surface area contributed by atoms with E-state index in [-0.39, 0.29) is 18.0 Å². The van der Waals surface area contributed by atoms with Gasteiger partial charge in [-0.05, 0) is 30.4 Å². The van der Waals surface area contributed by atoms with E-state index in [0.29, 0.717) is 11.7 Å². The fourth-order valence-electron chi connectivity index (χ4n) is 1.85. The summed E-state index contributed by atoms with van der Waals surface area (Å²) in [5, 5.41) is 4.68. The van der Waals surface area contributed by atoms with Crippen molar-refractivity contribution in [3.05, 3.63) is 40.9 Å². The SMILES string of the molecule is CCOC(=O)c1csc(NC(=O)Cc2ccc(SCC)cc2)n1. The topological polar surface area (TPSA) is 68.3 Å². The molecule has 1 amide bonds. The summed E-state index contributed by atoms with van der Waals surface area (Å²) >= 11 is 2.97. The van der Waals surface area contributed by atoms with E-state index >= 15 is 0 Å². The molecule has 0 unspecified atom stereocenters. The van der Waals surface area contributed by atoms with E-state index in [1.165, 1.54) is 16.2 Å². The van der Waals surface area contributed by atoms with Crippen LogP contribution < -0.4 is 5.32 Å². The molecule has 5 nitrogen and oxygen atoms in total. The number of esters is 1. The van der Waals surface area contributed by atoms with Crippen LogP contribution in [0.2, 0.25) is 0 Å². The third-order valence-electron chi connectivity index (χ3n) is 2.83. The average molecular weight is 350 g/mol. The van der Waals surface area contributed by atoms with Crippen LogP contribution in [0.3, 0.4) is 0 Å². The standard InChI is InChI=1S/C16H18N2O3S2/c1-3-21-15(20)13-10-23-16(17-13)18-14(19)9-11-5-7-12(8-6-11)22-4-2/h5-8,10H,3-4,9H2,1-2H3,(H,17,18,19). The zero-order valence-corrected chi connectivity index (χ0v) is 14.6. The number of rotatable bonds is 7. The van der Waals surface area contributed by atoms with Gasteiger partial charge in [-0.15, -0.1) is 23.1 Å². The van der Waals surface area contributed by atoms with Gasteiger partial charge in [-0.2, -0.15) is 0 Å². The summed E-state index contributed by atoms with van der Waals surface area (Å²) in [6.45, 7) is 4.13. The van der Waals surface area contributed by atoms with Crippen molar-refractivity contribution in [3.8, 4) is 0 Å². The van der Waals surface area contributed by atoms with Crippen LogP contribution in [0, 0.1) is 0 Å². The van der Waals surface area contributed by atoms with E-state index in [2.05, 4.69) is 17.2 Å². The Bertz CT molecular complexity index is 668. The van der Waals surface area contributed by atoms with Gasteiger partial charge in [0.15, 0.2) is 10.8 Å². The van der Waals surface area contributed by atoms with Crippen molar-refractivity contribution in [2.24, 2.45) is 0 Å². The van der Waals surface area contributed by atoms with Crippen LogP contribution >= 0.6 is 23.1 Å². The molecule has 1 heterocycles. The molecule has 0 bridgehead atoms. The number of benzene rings is 1. The van der Waals surface area contributed by atoms with E-state index < -0.39 is 5.97 Å². The molecule has 1 aromatic carbocycles. The zero-order valence-electron chi connectivity index (χ0n) is 13.0. The number of hydrogen-bond acceptors (Lipinski definition) is 6. The second kappa shape index (κ2) is 8.69. The molecule has 0 aliphatic heterocycles. The van der Waals surface area contributed by atoms with Gasteiger partial charge in [0, 0.05) is 10.3 Å². The van der Waals surface area contributed by atoms with Crippen molar-refractivity contribution in [1.29, 1.82) is 0 Å². The lowest BCUT2D eigenvalue weighted by Crippen LogP contribution is -2.14. The third kappa shape index (κ3) is 5.37. The Hall–Kier alpha value is -1.86. The summed E-state index contributed by atoms with van der Waals surface area (Å²) in [4.78, 5) is 28.8. The first kappa shape index (κ1) is 17.5. The minimum atomic E-state index is -0.478. The summed E-state index contributed by atoms with van der Waals surface area (Å²) in [7, 11) is 0. The Kier molecular flexibility index (Phi) is 6.61. The molecule has 2 aromatic rings. The number of thioether (sulfide) groups is 1. The molecule has 1 N–H and O–H groups in total. The van der Waals surface area contributed by atoms with Crippen LogP contribution in [0.25, 0.3) is 0 Å². The van der Waals surface area contributed by atoms with E-state index in [0.717, 1.165) is 11.3 Å². The van der Waals surface area contributed by atoms with Crippen LogP contribution in [0.4, 0.5) is 5.13 Å². The predicted molar refractivity (Wildman–Crippen MR) is 93.2 cm³/mol. The summed E-state index contributed by atoms with van der Waals surface area (Å²) in [5.41, 5.74) is 1.15. The molecule has 0 radical (unpaired) electrons. The first-order valence-electron chi connectivity index (χ1n) is 7.26. The molecule has 0 aliphatic carbocycles. The second-order valence-corrected chi connectivity index (χ2v) is 6.76. The number of ether oxygens (including phenoxy) is 1. The van der Waals surface area contributed by atoms with Gasteiger partial charge in [0.1, 0.15) is 0 Å². The smallest absolute Gasteiger partial charge is 0.357 e. The molecule has 2 rings (SSSR count). The quantitative estimate of drug-likeness (QED) is 0.610. The molecule has 0 atom stereocenters. The molecule has 0 saturated carbocycles. The first-order valence-corrected chi connectivity index (χ1v) is 9.13. The lowest BCUT2D eigenvalue weighted by Gasteiger charge is -2.03. The molecule has 0 fully saturated rings. The summed E-state index contributed by atoms with van der Waals surface area (Å²) < 4.78 is 4.86.